The van der Waals surface area contributed by atoms with Gasteiger partial charge in [0.1, 0.15) is 0 Å². The van der Waals surface area contributed by atoms with Crippen molar-refractivity contribution in [3.63, 3.8) is 0 Å². The first-order chi connectivity index (χ1) is 14.9. The molecular weight excluding hydrogens is 402 g/mol. The van der Waals surface area contributed by atoms with E-state index in [0.29, 0.717) is 11.4 Å². The van der Waals surface area contributed by atoms with Crippen molar-refractivity contribution in [2.75, 3.05) is 11.1 Å². The first kappa shape index (κ1) is 21.0. The molecule has 3 N–H and O–H groups in total. The molecule has 1 aliphatic heterocycles. The number of nitrogen functional groups attached to an aromatic ring is 1. The lowest BCUT2D eigenvalue weighted by Crippen LogP contribution is -2.15. The van der Waals surface area contributed by atoms with Crippen LogP contribution in [0.4, 0.5) is 11.4 Å². The van der Waals surface area contributed by atoms with Crippen LogP contribution in [0.2, 0.25) is 5.02 Å². The smallest absolute Gasteiger partial charge is 0.0945 e. The van der Waals surface area contributed by atoms with Gasteiger partial charge in [-0.1, -0.05) is 43.3 Å². The first-order valence-electron chi connectivity index (χ1n) is 10.5. The zero-order valence-corrected chi connectivity index (χ0v) is 18.6. The molecule has 0 amide bonds. The van der Waals surface area contributed by atoms with Crippen molar-refractivity contribution in [1.82, 2.24) is 0 Å². The highest BCUT2D eigenvalue weighted by Crippen LogP contribution is 2.32. The lowest BCUT2D eigenvalue weighted by atomic mass is 9.98. The number of nitrogens with one attached hydrogen (secondary N) is 1. The highest BCUT2D eigenvalue weighted by molar-refractivity contribution is 6.31. The summed E-state index contributed by atoms with van der Waals surface area (Å²) in [6.07, 6.45) is 8.03. The zero-order chi connectivity index (χ0) is 22.0. The van der Waals surface area contributed by atoms with Crippen LogP contribution in [-0.4, -0.2) is 11.8 Å². The number of benzodiazepines with no additional fused rings is 1. The van der Waals surface area contributed by atoms with E-state index >= 15 is 0 Å². The van der Waals surface area contributed by atoms with Crippen LogP contribution in [0.3, 0.4) is 0 Å². The van der Waals surface area contributed by atoms with E-state index in [0.717, 1.165) is 45.9 Å². The van der Waals surface area contributed by atoms with Crippen LogP contribution in [0, 0.1) is 0 Å². The Bertz CT molecular complexity index is 1190. The third-order valence-electron chi connectivity index (χ3n) is 5.65. The number of anilines is 2. The van der Waals surface area contributed by atoms with E-state index in [1.807, 2.05) is 48.5 Å². The predicted octanol–water partition coefficient (Wildman–Crippen LogP) is 6.84. The first-order valence-corrected chi connectivity index (χ1v) is 10.8. The number of hydrogen-bond donors (Lipinski definition) is 2. The molecule has 0 bridgehead atoms. The van der Waals surface area contributed by atoms with Crippen LogP contribution in [0.5, 0.6) is 0 Å². The molecule has 0 aromatic heterocycles. The molecule has 4 heteroatoms. The molecule has 0 fully saturated rings. The second-order valence-electron chi connectivity index (χ2n) is 7.87. The maximum atomic E-state index is 6.34. The number of halogens is 1. The number of benzene rings is 2. The molecule has 1 unspecified atom stereocenters. The number of rotatable bonds is 4. The van der Waals surface area contributed by atoms with Gasteiger partial charge in [0.2, 0.25) is 0 Å². The van der Waals surface area contributed by atoms with Gasteiger partial charge in [0, 0.05) is 39.6 Å². The quantitative estimate of drug-likeness (QED) is 0.414. The Morgan fingerprint density at radius 1 is 1.19 bits per heavy atom. The van der Waals surface area contributed by atoms with E-state index in [9.17, 15) is 0 Å². The maximum Gasteiger partial charge on any atom is 0.0945 e. The maximum absolute atomic E-state index is 6.34. The van der Waals surface area contributed by atoms with Gasteiger partial charge in [-0.05, 0) is 72.5 Å². The molecule has 2 aromatic carbocycles. The summed E-state index contributed by atoms with van der Waals surface area (Å²) in [5.74, 6) is 0. The third kappa shape index (κ3) is 4.59. The van der Waals surface area contributed by atoms with Crippen molar-refractivity contribution in [3.05, 3.63) is 112 Å². The van der Waals surface area contributed by atoms with Crippen LogP contribution >= 0.6 is 11.6 Å². The van der Waals surface area contributed by atoms with Crippen LogP contribution < -0.4 is 11.1 Å². The minimum atomic E-state index is -0.151. The van der Waals surface area contributed by atoms with Gasteiger partial charge in [0.15, 0.2) is 0 Å². The lowest BCUT2D eigenvalue weighted by molar-refractivity contribution is 0.779. The molecule has 2 aromatic rings. The molecule has 2 aliphatic rings. The Kier molecular flexibility index (Phi) is 5.99. The van der Waals surface area contributed by atoms with Gasteiger partial charge >= 0.3 is 0 Å². The van der Waals surface area contributed by atoms with E-state index in [2.05, 4.69) is 43.6 Å². The lowest BCUT2D eigenvalue weighted by Gasteiger charge is -2.16. The fraction of sp³-hybridized carbons (Fsp3) is 0.185. The van der Waals surface area contributed by atoms with Gasteiger partial charge in [-0.2, -0.15) is 0 Å². The van der Waals surface area contributed by atoms with Gasteiger partial charge in [0.25, 0.3) is 0 Å². The number of hydrogen-bond acceptors (Lipinski definition) is 3. The summed E-state index contributed by atoms with van der Waals surface area (Å²) < 4.78 is 0. The summed E-state index contributed by atoms with van der Waals surface area (Å²) >= 11 is 6.34. The van der Waals surface area contributed by atoms with E-state index < -0.39 is 0 Å². The number of aliphatic imine (C=N–C) groups is 1. The van der Waals surface area contributed by atoms with Gasteiger partial charge < -0.3 is 11.1 Å². The third-order valence-corrected chi connectivity index (χ3v) is 5.89. The standard InChI is InChI=1S/C27H26ClN3/c1-4-20-14-19(7-5-6-17(20)2)15-26-18(3)30-25-13-10-22(28)16-24(25)27(31-26)21-8-11-23(29)12-9-21/h5-6,8-14,16,26,30H,3-4,15,29H2,1-2H3. The Morgan fingerprint density at radius 2 is 1.97 bits per heavy atom. The summed E-state index contributed by atoms with van der Waals surface area (Å²) in [4.78, 5) is 5.17. The number of nitrogens with zero attached hydrogens (tertiary/aromatic N) is 1. The highest BCUT2D eigenvalue weighted by atomic mass is 35.5. The molecule has 0 saturated carbocycles. The SMILES string of the molecule is C=C1Nc2ccc(Cl)cc2C(c2ccc(N)cc2)=NC1CC1=C=CC=C(C)C(CC)=C1. The molecule has 0 radical (unpaired) electrons. The number of allylic oxidation sites excluding steroid dienone is 4. The van der Waals surface area contributed by atoms with E-state index in [1.54, 1.807) is 0 Å². The van der Waals surface area contributed by atoms with E-state index in [1.165, 1.54) is 11.1 Å². The van der Waals surface area contributed by atoms with Crippen molar-refractivity contribution in [2.45, 2.75) is 32.7 Å². The van der Waals surface area contributed by atoms with Gasteiger partial charge in [-0.3, -0.25) is 4.99 Å². The molecule has 1 atom stereocenters. The molecule has 0 saturated heterocycles. The average molecular weight is 428 g/mol. The van der Waals surface area contributed by atoms with E-state index in [-0.39, 0.29) is 6.04 Å². The summed E-state index contributed by atoms with van der Waals surface area (Å²) in [5, 5.41) is 4.14. The minimum absolute atomic E-state index is 0.151. The van der Waals surface area contributed by atoms with Crippen LogP contribution in [-0.2, 0) is 0 Å². The Balaban J connectivity index is 1.79. The molecule has 31 heavy (non-hydrogen) atoms. The van der Waals surface area contributed by atoms with Crippen LogP contribution in [0.15, 0.2) is 100 Å². The molecule has 4 rings (SSSR count). The Morgan fingerprint density at radius 3 is 2.71 bits per heavy atom. The van der Waals surface area contributed by atoms with Crippen molar-refractivity contribution in [1.29, 1.82) is 0 Å². The molecule has 3 nitrogen and oxygen atoms in total. The topological polar surface area (TPSA) is 50.4 Å². The van der Waals surface area contributed by atoms with E-state index in [4.69, 9.17) is 22.3 Å². The molecule has 0 spiro atoms. The van der Waals surface area contributed by atoms with Crippen molar-refractivity contribution in [3.8, 4) is 0 Å². The molecule has 1 heterocycles. The monoisotopic (exact) mass is 427 g/mol. The predicted molar refractivity (Wildman–Crippen MR) is 133 cm³/mol. The highest BCUT2D eigenvalue weighted by Gasteiger charge is 2.23. The van der Waals surface area contributed by atoms with Crippen molar-refractivity contribution < 1.29 is 0 Å². The number of nitrogens with two attached hydrogens (primary N) is 1. The fourth-order valence-corrected chi connectivity index (χ4v) is 4.05. The largest absolute Gasteiger partial charge is 0.399 e. The minimum Gasteiger partial charge on any atom is -0.399 e. The zero-order valence-electron chi connectivity index (χ0n) is 17.9. The average Bonchev–Trinajstić information content (AvgIpc) is 3.01. The summed E-state index contributed by atoms with van der Waals surface area (Å²) in [6.45, 7) is 8.62. The van der Waals surface area contributed by atoms with Gasteiger partial charge in [-0.15, -0.1) is 5.73 Å². The van der Waals surface area contributed by atoms with Crippen LogP contribution in [0.25, 0.3) is 0 Å². The van der Waals surface area contributed by atoms with Crippen LogP contribution in [0.1, 0.15) is 37.8 Å². The summed E-state index contributed by atoms with van der Waals surface area (Å²) in [7, 11) is 0. The van der Waals surface area contributed by atoms with Crippen molar-refractivity contribution >= 4 is 28.7 Å². The van der Waals surface area contributed by atoms with Gasteiger partial charge in [-0.25, -0.2) is 0 Å². The second-order valence-corrected chi connectivity index (χ2v) is 8.31. The Hall–Kier alpha value is -3.26. The summed E-state index contributed by atoms with van der Waals surface area (Å²) in [6, 6.07) is 13.4. The van der Waals surface area contributed by atoms with Gasteiger partial charge in [0.05, 0.1) is 11.8 Å². The molecule has 1 aliphatic carbocycles. The molecule has 156 valence electrons. The Labute approximate surface area is 189 Å². The normalized spacial score (nSPS) is 18.0. The van der Waals surface area contributed by atoms with Crippen molar-refractivity contribution in [2.24, 2.45) is 4.99 Å². The summed E-state index contributed by atoms with van der Waals surface area (Å²) in [5.41, 5.74) is 18.4. The second kappa shape index (κ2) is 8.85. The molecular formula is C27H26ClN3. The fourth-order valence-electron chi connectivity index (χ4n) is 3.87. The number of fused-ring (bicyclic) bond motifs is 1.